The summed E-state index contributed by atoms with van der Waals surface area (Å²) in [5.74, 6) is 0. The minimum atomic E-state index is 0.576. The Morgan fingerprint density at radius 1 is 1.29 bits per heavy atom. The predicted octanol–water partition coefficient (Wildman–Crippen LogP) is 3.14. The lowest BCUT2D eigenvalue weighted by Gasteiger charge is -2.45. The molecular formula is C14H21NOS. The van der Waals surface area contributed by atoms with Crippen molar-refractivity contribution in [3.63, 3.8) is 0 Å². The van der Waals surface area contributed by atoms with Gasteiger partial charge in [0.1, 0.15) is 0 Å². The molecule has 1 aromatic rings. The van der Waals surface area contributed by atoms with Crippen molar-refractivity contribution in [3.05, 3.63) is 22.4 Å². The van der Waals surface area contributed by atoms with Crippen LogP contribution in [0.25, 0.3) is 0 Å². The third-order valence-corrected chi connectivity index (χ3v) is 5.01. The van der Waals surface area contributed by atoms with Crippen LogP contribution in [0, 0.1) is 5.41 Å². The van der Waals surface area contributed by atoms with Gasteiger partial charge in [-0.3, -0.25) is 4.90 Å². The molecule has 17 heavy (non-hydrogen) atoms. The van der Waals surface area contributed by atoms with Crippen molar-refractivity contribution in [2.75, 3.05) is 26.3 Å². The maximum absolute atomic E-state index is 5.52. The van der Waals surface area contributed by atoms with Gasteiger partial charge < -0.3 is 4.74 Å². The number of thiophene rings is 1. The molecule has 94 valence electrons. The normalized spacial score (nSPS) is 25.2. The first kappa shape index (κ1) is 11.7. The smallest absolute Gasteiger partial charge is 0.0471 e. The van der Waals surface area contributed by atoms with Crippen LogP contribution in [0.2, 0.25) is 0 Å². The topological polar surface area (TPSA) is 12.5 Å². The average Bonchev–Trinajstić information content (AvgIpc) is 2.83. The van der Waals surface area contributed by atoms with Gasteiger partial charge in [0.15, 0.2) is 0 Å². The first-order chi connectivity index (χ1) is 8.36. The monoisotopic (exact) mass is 251 g/mol. The molecule has 1 spiro atoms. The van der Waals surface area contributed by atoms with Gasteiger partial charge in [-0.15, -0.1) is 0 Å². The van der Waals surface area contributed by atoms with E-state index in [4.69, 9.17) is 4.74 Å². The summed E-state index contributed by atoms with van der Waals surface area (Å²) in [4.78, 5) is 2.65. The molecular weight excluding hydrogens is 230 g/mol. The Labute approximate surface area is 108 Å². The second kappa shape index (κ2) is 5.09. The van der Waals surface area contributed by atoms with E-state index in [9.17, 15) is 0 Å². The fourth-order valence-electron chi connectivity index (χ4n) is 3.30. The molecule has 0 aromatic carbocycles. The highest BCUT2D eigenvalue weighted by atomic mass is 32.1. The Bertz CT molecular complexity index is 338. The van der Waals surface area contributed by atoms with Crippen LogP contribution in [0.1, 0.15) is 31.2 Å². The molecule has 2 fully saturated rings. The number of nitrogens with zero attached hydrogens (tertiary/aromatic N) is 1. The molecule has 0 amide bonds. The molecule has 0 unspecified atom stereocenters. The van der Waals surface area contributed by atoms with Crippen LogP contribution in [0.4, 0.5) is 0 Å². The molecule has 2 nitrogen and oxygen atoms in total. The zero-order valence-electron chi connectivity index (χ0n) is 10.4. The minimum absolute atomic E-state index is 0.576. The van der Waals surface area contributed by atoms with Crippen molar-refractivity contribution in [2.45, 2.75) is 32.2 Å². The quantitative estimate of drug-likeness (QED) is 0.800. The standard InChI is InChI=1S/C14H21NOS/c1-3-14(4-7-16-8-5-14)12-15(6-1)10-13-2-9-17-11-13/h2,9,11H,1,3-8,10,12H2. The van der Waals surface area contributed by atoms with Crippen molar-refractivity contribution in [1.29, 1.82) is 0 Å². The maximum Gasteiger partial charge on any atom is 0.0471 e. The zero-order valence-corrected chi connectivity index (χ0v) is 11.2. The summed E-state index contributed by atoms with van der Waals surface area (Å²) < 4.78 is 5.52. The van der Waals surface area contributed by atoms with Gasteiger partial charge in [0.05, 0.1) is 0 Å². The molecule has 0 atom stereocenters. The van der Waals surface area contributed by atoms with E-state index in [1.165, 1.54) is 44.3 Å². The maximum atomic E-state index is 5.52. The number of likely N-dealkylation sites (tertiary alicyclic amines) is 1. The van der Waals surface area contributed by atoms with Crippen LogP contribution in [-0.2, 0) is 11.3 Å². The summed E-state index contributed by atoms with van der Waals surface area (Å²) in [6.45, 7) is 5.66. The number of piperidine rings is 1. The Kier molecular flexibility index (Phi) is 3.50. The molecule has 2 aliphatic heterocycles. The molecule has 3 rings (SSSR count). The van der Waals surface area contributed by atoms with E-state index in [2.05, 4.69) is 21.7 Å². The Balaban J connectivity index is 1.62. The largest absolute Gasteiger partial charge is 0.381 e. The van der Waals surface area contributed by atoms with E-state index < -0.39 is 0 Å². The molecule has 1 aromatic heterocycles. The van der Waals surface area contributed by atoms with E-state index in [0.29, 0.717) is 5.41 Å². The van der Waals surface area contributed by atoms with Gasteiger partial charge in [-0.2, -0.15) is 11.3 Å². The van der Waals surface area contributed by atoms with Crippen molar-refractivity contribution in [2.24, 2.45) is 5.41 Å². The fourth-order valence-corrected chi connectivity index (χ4v) is 3.96. The highest BCUT2D eigenvalue weighted by Crippen LogP contribution is 2.39. The van der Waals surface area contributed by atoms with Gasteiger partial charge in [-0.05, 0) is 60.0 Å². The molecule has 0 aliphatic carbocycles. The molecule has 3 heteroatoms. The Morgan fingerprint density at radius 2 is 2.18 bits per heavy atom. The third kappa shape index (κ3) is 2.72. The molecule has 2 saturated heterocycles. The van der Waals surface area contributed by atoms with Gasteiger partial charge >= 0.3 is 0 Å². The Morgan fingerprint density at radius 3 is 2.94 bits per heavy atom. The van der Waals surface area contributed by atoms with Crippen molar-refractivity contribution in [1.82, 2.24) is 4.90 Å². The van der Waals surface area contributed by atoms with E-state index in [-0.39, 0.29) is 0 Å². The molecule has 2 aliphatic rings. The second-order valence-corrected chi connectivity index (χ2v) is 6.34. The highest BCUT2D eigenvalue weighted by Gasteiger charge is 2.36. The first-order valence-electron chi connectivity index (χ1n) is 6.68. The van der Waals surface area contributed by atoms with E-state index in [1.807, 2.05) is 11.3 Å². The van der Waals surface area contributed by atoms with Gasteiger partial charge in [-0.25, -0.2) is 0 Å². The lowest BCUT2D eigenvalue weighted by Crippen LogP contribution is -2.45. The summed E-state index contributed by atoms with van der Waals surface area (Å²) in [7, 11) is 0. The molecule has 0 N–H and O–H groups in total. The van der Waals surface area contributed by atoms with E-state index >= 15 is 0 Å². The highest BCUT2D eigenvalue weighted by molar-refractivity contribution is 7.07. The average molecular weight is 251 g/mol. The van der Waals surface area contributed by atoms with Crippen molar-refractivity contribution in [3.8, 4) is 0 Å². The summed E-state index contributed by atoms with van der Waals surface area (Å²) >= 11 is 1.81. The van der Waals surface area contributed by atoms with Crippen LogP contribution in [0.3, 0.4) is 0 Å². The summed E-state index contributed by atoms with van der Waals surface area (Å²) in [6, 6.07) is 2.26. The molecule has 0 bridgehead atoms. The van der Waals surface area contributed by atoms with Crippen molar-refractivity contribution < 1.29 is 4.74 Å². The third-order valence-electron chi connectivity index (χ3n) is 4.28. The summed E-state index contributed by atoms with van der Waals surface area (Å²) in [5, 5.41) is 4.47. The van der Waals surface area contributed by atoms with Crippen LogP contribution in [0.15, 0.2) is 16.8 Å². The number of rotatable bonds is 2. The van der Waals surface area contributed by atoms with Gasteiger partial charge in [0, 0.05) is 26.3 Å². The summed E-state index contributed by atoms with van der Waals surface area (Å²) in [5.41, 5.74) is 2.06. The predicted molar refractivity (Wildman–Crippen MR) is 71.3 cm³/mol. The van der Waals surface area contributed by atoms with Crippen LogP contribution in [0.5, 0.6) is 0 Å². The zero-order chi connectivity index (χ0) is 11.6. The molecule has 3 heterocycles. The first-order valence-corrected chi connectivity index (χ1v) is 7.62. The minimum Gasteiger partial charge on any atom is -0.381 e. The van der Waals surface area contributed by atoms with Crippen LogP contribution >= 0.6 is 11.3 Å². The van der Waals surface area contributed by atoms with Gasteiger partial charge in [0.2, 0.25) is 0 Å². The SMILES string of the molecule is c1cc(CN2CCCC3(CCOCC3)C2)cs1. The molecule has 0 radical (unpaired) electrons. The molecule has 0 saturated carbocycles. The van der Waals surface area contributed by atoms with Crippen LogP contribution in [-0.4, -0.2) is 31.2 Å². The fraction of sp³-hybridized carbons (Fsp3) is 0.714. The number of ether oxygens (including phenoxy) is 1. The van der Waals surface area contributed by atoms with Crippen LogP contribution < -0.4 is 0 Å². The van der Waals surface area contributed by atoms with E-state index in [0.717, 1.165) is 19.8 Å². The Hall–Kier alpha value is -0.380. The second-order valence-electron chi connectivity index (χ2n) is 5.56. The lowest BCUT2D eigenvalue weighted by molar-refractivity contribution is -0.0291. The van der Waals surface area contributed by atoms with Gasteiger partial charge in [-0.1, -0.05) is 0 Å². The number of hydrogen-bond acceptors (Lipinski definition) is 3. The lowest BCUT2D eigenvalue weighted by atomic mass is 9.74. The number of hydrogen-bond donors (Lipinski definition) is 0. The van der Waals surface area contributed by atoms with E-state index in [1.54, 1.807) is 0 Å². The summed E-state index contributed by atoms with van der Waals surface area (Å²) in [6.07, 6.45) is 5.32. The van der Waals surface area contributed by atoms with Crippen molar-refractivity contribution >= 4 is 11.3 Å². The van der Waals surface area contributed by atoms with Gasteiger partial charge in [0.25, 0.3) is 0 Å².